The predicted molar refractivity (Wildman–Crippen MR) is 72.3 cm³/mol. The zero-order chi connectivity index (χ0) is 14.6. The van der Waals surface area contributed by atoms with Gasteiger partial charge in [0, 0.05) is 6.61 Å². The van der Waals surface area contributed by atoms with E-state index in [9.17, 15) is 13.2 Å². The molecule has 20 heavy (non-hydrogen) atoms. The fourth-order valence-corrected chi connectivity index (χ4v) is 2.04. The summed E-state index contributed by atoms with van der Waals surface area (Å²) in [6, 6.07) is 12.8. The van der Waals surface area contributed by atoms with E-state index in [2.05, 4.69) is 0 Å². The van der Waals surface area contributed by atoms with Crippen LogP contribution in [0.4, 0.5) is 13.2 Å². The second-order valence-corrected chi connectivity index (χ2v) is 4.60. The summed E-state index contributed by atoms with van der Waals surface area (Å²) >= 11 is 0. The molecule has 4 heteroatoms. The average molecular weight is 280 g/mol. The van der Waals surface area contributed by atoms with Gasteiger partial charge in [0.25, 0.3) is 0 Å². The molecule has 0 amide bonds. The molecule has 1 N–H and O–H groups in total. The molecule has 0 unspecified atom stereocenters. The van der Waals surface area contributed by atoms with E-state index in [1.165, 1.54) is 12.1 Å². The van der Waals surface area contributed by atoms with Gasteiger partial charge in [-0.05, 0) is 41.7 Å². The highest BCUT2D eigenvalue weighted by molar-refractivity contribution is 5.64. The molecule has 0 fully saturated rings. The monoisotopic (exact) mass is 280 g/mol. The van der Waals surface area contributed by atoms with E-state index in [-0.39, 0.29) is 6.61 Å². The number of alkyl halides is 3. The normalized spacial score (nSPS) is 11.6. The van der Waals surface area contributed by atoms with E-state index in [0.717, 1.165) is 35.2 Å². The van der Waals surface area contributed by atoms with Gasteiger partial charge in [-0.2, -0.15) is 13.2 Å². The van der Waals surface area contributed by atoms with Gasteiger partial charge in [-0.3, -0.25) is 0 Å². The highest BCUT2D eigenvalue weighted by Gasteiger charge is 2.29. The fourth-order valence-electron chi connectivity index (χ4n) is 2.04. The first-order valence-corrected chi connectivity index (χ1v) is 6.38. The Kier molecular flexibility index (Phi) is 4.45. The quantitative estimate of drug-likeness (QED) is 0.885. The molecule has 0 heterocycles. The minimum Gasteiger partial charge on any atom is -0.396 e. The van der Waals surface area contributed by atoms with E-state index in [1.54, 1.807) is 0 Å². The van der Waals surface area contributed by atoms with Crippen molar-refractivity contribution in [1.29, 1.82) is 0 Å². The van der Waals surface area contributed by atoms with Gasteiger partial charge in [0.2, 0.25) is 0 Å². The topological polar surface area (TPSA) is 20.2 Å². The molecule has 0 aromatic heterocycles. The molecule has 0 atom stereocenters. The maximum Gasteiger partial charge on any atom is 0.416 e. The molecule has 0 radical (unpaired) electrons. The van der Waals surface area contributed by atoms with Gasteiger partial charge < -0.3 is 5.11 Å². The van der Waals surface area contributed by atoms with Crippen molar-refractivity contribution in [3.8, 4) is 11.1 Å². The van der Waals surface area contributed by atoms with Gasteiger partial charge in [-0.15, -0.1) is 0 Å². The summed E-state index contributed by atoms with van der Waals surface area (Å²) in [6.45, 7) is 0.129. The number of aryl methyl sites for hydroxylation is 1. The van der Waals surface area contributed by atoms with Gasteiger partial charge in [0.15, 0.2) is 0 Å². The lowest BCUT2D eigenvalue weighted by Crippen LogP contribution is -2.03. The molecular weight excluding hydrogens is 265 g/mol. The van der Waals surface area contributed by atoms with Crippen LogP contribution in [0.3, 0.4) is 0 Å². The van der Waals surface area contributed by atoms with Crippen LogP contribution in [0.5, 0.6) is 0 Å². The number of benzene rings is 2. The second kappa shape index (κ2) is 6.09. The molecule has 0 saturated carbocycles. The third-order valence-corrected chi connectivity index (χ3v) is 3.10. The number of aliphatic hydroxyl groups excluding tert-OH is 1. The molecule has 0 aliphatic carbocycles. The molecular formula is C16H15F3O. The second-order valence-electron chi connectivity index (χ2n) is 4.60. The van der Waals surface area contributed by atoms with Crippen LogP contribution in [-0.2, 0) is 12.6 Å². The van der Waals surface area contributed by atoms with E-state index in [0.29, 0.717) is 6.42 Å². The van der Waals surface area contributed by atoms with Crippen molar-refractivity contribution < 1.29 is 18.3 Å². The predicted octanol–water partition coefficient (Wildman–Crippen LogP) is 4.30. The first kappa shape index (κ1) is 14.6. The average Bonchev–Trinajstić information content (AvgIpc) is 2.45. The summed E-state index contributed by atoms with van der Waals surface area (Å²) in [4.78, 5) is 0. The Morgan fingerprint density at radius 3 is 2.20 bits per heavy atom. The third-order valence-electron chi connectivity index (χ3n) is 3.10. The Morgan fingerprint density at radius 2 is 1.60 bits per heavy atom. The maximum absolute atomic E-state index is 12.5. The minimum absolute atomic E-state index is 0.129. The van der Waals surface area contributed by atoms with Crippen LogP contribution in [0.15, 0.2) is 48.5 Å². The van der Waals surface area contributed by atoms with E-state index >= 15 is 0 Å². The van der Waals surface area contributed by atoms with Gasteiger partial charge in [0.05, 0.1) is 5.56 Å². The SMILES string of the molecule is OCCCc1cccc(-c2ccc(C(F)(F)F)cc2)c1. The largest absolute Gasteiger partial charge is 0.416 e. The first-order valence-electron chi connectivity index (χ1n) is 6.38. The zero-order valence-corrected chi connectivity index (χ0v) is 10.8. The molecule has 0 aliphatic rings. The standard InChI is InChI=1S/C16H15F3O/c17-16(18,19)15-8-6-13(7-9-15)14-5-1-3-12(11-14)4-2-10-20/h1,3,5-9,11,20H,2,4,10H2. The van der Waals surface area contributed by atoms with Crippen LogP contribution in [0.25, 0.3) is 11.1 Å². The molecule has 106 valence electrons. The smallest absolute Gasteiger partial charge is 0.396 e. The van der Waals surface area contributed by atoms with E-state index in [1.807, 2.05) is 24.3 Å². The fraction of sp³-hybridized carbons (Fsp3) is 0.250. The van der Waals surface area contributed by atoms with Crippen LogP contribution in [-0.4, -0.2) is 11.7 Å². The minimum atomic E-state index is -4.30. The highest BCUT2D eigenvalue weighted by Crippen LogP contribution is 2.31. The zero-order valence-electron chi connectivity index (χ0n) is 10.8. The number of aliphatic hydroxyl groups is 1. The highest BCUT2D eigenvalue weighted by atomic mass is 19.4. The van der Waals surface area contributed by atoms with Crippen molar-refractivity contribution >= 4 is 0 Å². The lowest BCUT2D eigenvalue weighted by atomic mass is 10.00. The van der Waals surface area contributed by atoms with Crippen LogP contribution in [0.1, 0.15) is 17.5 Å². The van der Waals surface area contributed by atoms with E-state index < -0.39 is 11.7 Å². The molecule has 0 saturated heterocycles. The molecule has 0 bridgehead atoms. The number of rotatable bonds is 4. The van der Waals surface area contributed by atoms with Crippen molar-refractivity contribution in [2.75, 3.05) is 6.61 Å². The van der Waals surface area contributed by atoms with Crippen molar-refractivity contribution in [1.82, 2.24) is 0 Å². The Morgan fingerprint density at radius 1 is 0.900 bits per heavy atom. The van der Waals surface area contributed by atoms with Crippen molar-refractivity contribution in [3.63, 3.8) is 0 Å². The summed E-state index contributed by atoms with van der Waals surface area (Å²) in [5.74, 6) is 0. The number of hydrogen-bond acceptors (Lipinski definition) is 1. The Bertz CT molecular complexity index is 559. The lowest BCUT2D eigenvalue weighted by Gasteiger charge is -2.09. The van der Waals surface area contributed by atoms with Gasteiger partial charge in [-0.1, -0.05) is 36.4 Å². The summed E-state index contributed by atoms with van der Waals surface area (Å²) in [7, 11) is 0. The number of halogens is 3. The third kappa shape index (κ3) is 3.61. The summed E-state index contributed by atoms with van der Waals surface area (Å²) in [6.07, 6.45) is -2.87. The lowest BCUT2D eigenvalue weighted by molar-refractivity contribution is -0.137. The van der Waals surface area contributed by atoms with Crippen LogP contribution in [0, 0.1) is 0 Å². The van der Waals surface area contributed by atoms with Crippen molar-refractivity contribution in [2.24, 2.45) is 0 Å². The van der Waals surface area contributed by atoms with Gasteiger partial charge in [-0.25, -0.2) is 0 Å². The molecule has 2 aromatic carbocycles. The van der Waals surface area contributed by atoms with Crippen LogP contribution < -0.4 is 0 Å². The van der Waals surface area contributed by atoms with Crippen molar-refractivity contribution in [3.05, 3.63) is 59.7 Å². The van der Waals surface area contributed by atoms with Crippen molar-refractivity contribution in [2.45, 2.75) is 19.0 Å². The molecule has 2 rings (SSSR count). The molecule has 0 spiro atoms. The van der Waals surface area contributed by atoms with Gasteiger partial charge >= 0.3 is 6.18 Å². The number of hydrogen-bond donors (Lipinski definition) is 1. The summed E-state index contributed by atoms with van der Waals surface area (Å²) < 4.78 is 37.5. The Hall–Kier alpha value is -1.81. The maximum atomic E-state index is 12.5. The Balaban J connectivity index is 2.23. The molecule has 2 aromatic rings. The summed E-state index contributed by atoms with van der Waals surface area (Å²) in [5.41, 5.74) is 2.06. The van der Waals surface area contributed by atoms with Crippen LogP contribution >= 0.6 is 0 Å². The van der Waals surface area contributed by atoms with Gasteiger partial charge in [0.1, 0.15) is 0 Å². The molecule has 1 nitrogen and oxygen atoms in total. The van der Waals surface area contributed by atoms with E-state index in [4.69, 9.17) is 5.11 Å². The Labute approximate surface area is 115 Å². The van der Waals surface area contributed by atoms with Crippen LogP contribution in [0.2, 0.25) is 0 Å². The first-order chi connectivity index (χ1) is 9.50. The molecule has 0 aliphatic heterocycles. The summed E-state index contributed by atoms with van der Waals surface area (Å²) in [5, 5.41) is 8.81.